The minimum absolute atomic E-state index is 0.694. The van der Waals surface area contributed by atoms with Crippen LogP contribution < -0.4 is 10.1 Å². The lowest BCUT2D eigenvalue weighted by Crippen LogP contribution is -2.19. The topological polar surface area (TPSA) is 42.3 Å². The molecule has 114 valence electrons. The van der Waals surface area contributed by atoms with E-state index in [0.717, 1.165) is 31.1 Å². The van der Waals surface area contributed by atoms with Crippen LogP contribution in [0.5, 0.6) is 5.75 Å². The highest BCUT2D eigenvalue weighted by molar-refractivity contribution is 5.48. The van der Waals surface area contributed by atoms with Gasteiger partial charge in [-0.15, -0.1) is 0 Å². The second kappa shape index (κ2) is 7.69. The van der Waals surface area contributed by atoms with Crippen LogP contribution in [0, 0.1) is 0 Å². The number of likely N-dealkylation sites (N-methyl/N-ethyl adjacent to an activating group) is 1. The molecule has 0 unspecified atom stereocenters. The quantitative estimate of drug-likeness (QED) is 0.810. The number of hydrogen-bond acceptors (Lipinski definition) is 4. The van der Waals surface area contributed by atoms with E-state index in [-0.39, 0.29) is 0 Å². The van der Waals surface area contributed by atoms with Crippen LogP contribution in [0.25, 0.3) is 0 Å². The second-order valence-electron chi connectivity index (χ2n) is 5.24. The van der Waals surface area contributed by atoms with Crippen molar-refractivity contribution in [1.29, 1.82) is 0 Å². The number of ether oxygens (including phenoxy) is 1. The number of nitrogens with zero attached hydrogens (tertiary/aromatic N) is 3. The molecular formula is C16H24N4O. The molecule has 5 heteroatoms. The van der Waals surface area contributed by atoms with Gasteiger partial charge in [-0.2, -0.15) is 5.10 Å². The molecule has 1 aromatic carbocycles. The average Bonchev–Trinajstić information content (AvgIpc) is 2.93. The Morgan fingerprint density at radius 3 is 2.90 bits per heavy atom. The molecule has 1 heterocycles. The molecule has 0 fully saturated rings. The summed E-state index contributed by atoms with van der Waals surface area (Å²) in [5, 5.41) is 7.66. The summed E-state index contributed by atoms with van der Waals surface area (Å²) < 4.78 is 7.66. The van der Waals surface area contributed by atoms with Gasteiger partial charge in [0.25, 0.3) is 0 Å². The zero-order valence-electron chi connectivity index (χ0n) is 13.0. The number of benzene rings is 1. The van der Waals surface area contributed by atoms with Gasteiger partial charge in [-0.25, -0.2) is 0 Å². The zero-order valence-corrected chi connectivity index (χ0v) is 13.0. The molecule has 1 aromatic heterocycles. The Balaban J connectivity index is 1.85. The van der Waals surface area contributed by atoms with Crippen molar-refractivity contribution in [1.82, 2.24) is 14.7 Å². The average molecular weight is 288 g/mol. The molecule has 0 aliphatic carbocycles. The van der Waals surface area contributed by atoms with Crippen LogP contribution in [-0.4, -0.2) is 41.9 Å². The fourth-order valence-electron chi connectivity index (χ4n) is 1.92. The first-order chi connectivity index (χ1) is 10.2. The van der Waals surface area contributed by atoms with Gasteiger partial charge in [0, 0.05) is 43.1 Å². The summed E-state index contributed by atoms with van der Waals surface area (Å²) in [6.07, 6.45) is 3.96. The van der Waals surface area contributed by atoms with Crippen LogP contribution in [0.15, 0.2) is 36.7 Å². The van der Waals surface area contributed by atoms with E-state index in [1.807, 2.05) is 49.2 Å². The first-order valence-electron chi connectivity index (χ1n) is 7.30. The molecule has 0 saturated carbocycles. The summed E-state index contributed by atoms with van der Waals surface area (Å²) >= 11 is 0. The molecule has 0 spiro atoms. The molecule has 0 aliphatic heterocycles. The first kappa shape index (κ1) is 15.4. The van der Waals surface area contributed by atoms with Gasteiger partial charge >= 0.3 is 0 Å². The van der Waals surface area contributed by atoms with E-state index in [9.17, 15) is 0 Å². The largest absolute Gasteiger partial charge is 0.492 e. The van der Waals surface area contributed by atoms with E-state index >= 15 is 0 Å². The van der Waals surface area contributed by atoms with Gasteiger partial charge in [0.15, 0.2) is 0 Å². The van der Waals surface area contributed by atoms with Crippen molar-refractivity contribution in [2.24, 2.45) is 0 Å². The number of aryl methyl sites for hydroxylation is 1. The van der Waals surface area contributed by atoms with E-state index in [2.05, 4.69) is 28.4 Å². The Morgan fingerprint density at radius 1 is 1.33 bits per heavy atom. The van der Waals surface area contributed by atoms with Crippen LogP contribution in [0.2, 0.25) is 0 Å². The molecule has 1 N–H and O–H groups in total. The highest BCUT2D eigenvalue weighted by Gasteiger charge is 2.00. The zero-order chi connectivity index (χ0) is 15.1. The number of rotatable bonds is 8. The lowest BCUT2D eigenvalue weighted by molar-refractivity contribution is 0.261. The smallest absolute Gasteiger partial charge is 0.121 e. The molecule has 0 saturated heterocycles. The van der Waals surface area contributed by atoms with Crippen LogP contribution in [0.3, 0.4) is 0 Å². The van der Waals surface area contributed by atoms with Gasteiger partial charge in [-0.3, -0.25) is 4.68 Å². The minimum atomic E-state index is 0.694. The highest BCUT2D eigenvalue weighted by Crippen LogP contribution is 2.18. The third-order valence-electron chi connectivity index (χ3n) is 3.15. The van der Waals surface area contributed by atoms with Gasteiger partial charge < -0.3 is 15.0 Å². The van der Waals surface area contributed by atoms with Gasteiger partial charge in [0.2, 0.25) is 0 Å². The van der Waals surface area contributed by atoms with Crippen molar-refractivity contribution in [2.75, 3.05) is 32.6 Å². The van der Waals surface area contributed by atoms with Gasteiger partial charge in [0.1, 0.15) is 12.4 Å². The maximum absolute atomic E-state index is 5.73. The van der Waals surface area contributed by atoms with Crippen molar-refractivity contribution < 1.29 is 4.74 Å². The number of aromatic nitrogens is 2. The van der Waals surface area contributed by atoms with E-state index in [1.54, 1.807) is 0 Å². The lowest BCUT2D eigenvalue weighted by Gasteiger charge is -2.12. The molecule has 5 nitrogen and oxygen atoms in total. The van der Waals surface area contributed by atoms with Crippen molar-refractivity contribution in [3.8, 4) is 5.75 Å². The highest BCUT2D eigenvalue weighted by atomic mass is 16.5. The predicted molar refractivity (Wildman–Crippen MR) is 85.7 cm³/mol. The summed E-state index contributed by atoms with van der Waals surface area (Å²) in [6.45, 7) is 5.35. The summed E-state index contributed by atoms with van der Waals surface area (Å²) in [4.78, 5) is 2.10. The lowest BCUT2D eigenvalue weighted by atomic mass is 10.3. The Kier molecular flexibility index (Phi) is 5.63. The van der Waals surface area contributed by atoms with Crippen LogP contribution in [0.4, 0.5) is 5.69 Å². The van der Waals surface area contributed by atoms with Crippen LogP contribution >= 0.6 is 0 Å². The monoisotopic (exact) mass is 288 g/mol. The Bertz CT molecular complexity index is 551. The summed E-state index contributed by atoms with van der Waals surface area (Å²) in [5.41, 5.74) is 2.23. The fourth-order valence-corrected chi connectivity index (χ4v) is 1.92. The second-order valence-corrected chi connectivity index (χ2v) is 5.24. The van der Waals surface area contributed by atoms with Gasteiger partial charge in [-0.05, 0) is 33.2 Å². The standard InChI is InChI=1S/C16H24N4O/c1-4-20-13-14(12-18-20)11-17-15-6-5-7-16(10-15)21-9-8-19(2)3/h5-7,10,12-13,17H,4,8-9,11H2,1-3H3. The maximum atomic E-state index is 5.73. The minimum Gasteiger partial charge on any atom is -0.492 e. The van der Waals surface area contributed by atoms with Gasteiger partial charge in [-0.1, -0.05) is 6.07 Å². The molecule has 0 atom stereocenters. The number of hydrogen-bond donors (Lipinski definition) is 1. The SMILES string of the molecule is CCn1cc(CNc2cccc(OCCN(C)C)c2)cn1. The van der Waals surface area contributed by atoms with Crippen molar-refractivity contribution >= 4 is 5.69 Å². The maximum Gasteiger partial charge on any atom is 0.121 e. The molecule has 0 aliphatic rings. The predicted octanol–water partition coefficient (Wildman–Crippen LogP) is 2.46. The molecule has 2 rings (SSSR count). The van der Waals surface area contributed by atoms with Gasteiger partial charge in [0.05, 0.1) is 6.20 Å². The van der Waals surface area contributed by atoms with E-state index in [4.69, 9.17) is 4.74 Å². The normalized spacial score (nSPS) is 10.9. The molecule has 0 bridgehead atoms. The molecule has 2 aromatic rings. The molecule has 21 heavy (non-hydrogen) atoms. The van der Waals surface area contributed by atoms with Crippen LogP contribution in [-0.2, 0) is 13.1 Å². The summed E-state index contributed by atoms with van der Waals surface area (Å²) in [7, 11) is 4.08. The Labute approximate surface area is 126 Å². The van der Waals surface area contributed by atoms with Crippen molar-refractivity contribution in [3.05, 3.63) is 42.2 Å². The molecular weight excluding hydrogens is 264 g/mol. The van der Waals surface area contributed by atoms with E-state index in [0.29, 0.717) is 6.61 Å². The summed E-state index contributed by atoms with van der Waals surface area (Å²) in [5.74, 6) is 0.895. The van der Waals surface area contributed by atoms with Crippen LogP contribution in [0.1, 0.15) is 12.5 Å². The molecule has 0 radical (unpaired) electrons. The van der Waals surface area contributed by atoms with Crippen molar-refractivity contribution in [3.63, 3.8) is 0 Å². The number of anilines is 1. The third kappa shape index (κ3) is 5.11. The van der Waals surface area contributed by atoms with E-state index < -0.39 is 0 Å². The summed E-state index contributed by atoms with van der Waals surface area (Å²) in [6, 6.07) is 8.06. The van der Waals surface area contributed by atoms with E-state index in [1.165, 1.54) is 5.56 Å². The third-order valence-corrected chi connectivity index (χ3v) is 3.15. The molecule has 0 amide bonds. The first-order valence-corrected chi connectivity index (χ1v) is 7.30. The van der Waals surface area contributed by atoms with Crippen molar-refractivity contribution in [2.45, 2.75) is 20.0 Å². The Morgan fingerprint density at radius 2 is 2.19 bits per heavy atom. The number of nitrogens with one attached hydrogen (secondary N) is 1. The fraction of sp³-hybridized carbons (Fsp3) is 0.438. The Hall–Kier alpha value is -2.01.